The second-order valence-electron chi connectivity index (χ2n) is 7.01. The van der Waals surface area contributed by atoms with Crippen LogP contribution in [0.3, 0.4) is 0 Å². The second kappa shape index (κ2) is 6.90. The van der Waals surface area contributed by atoms with E-state index in [9.17, 15) is 4.79 Å². The molecule has 4 heteroatoms. The minimum Gasteiger partial charge on any atom is -0.354 e. The molecule has 0 saturated heterocycles. The van der Waals surface area contributed by atoms with E-state index in [0.29, 0.717) is 6.04 Å². The molecule has 0 aromatic heterocycles. The molecule has 2 saturated carbocycles. The lowest BCUT2D eigenvalue weighted by Gasteiger charge is -2.43. The first-order valence-electron chi connectivity index (χ1n) is 8.24. The van der Waals surface area contributed by atoms with Crippen LogP contribution in [0.25, 0.3) is 0 Å². The molecule has 0 heterocycles. The summed E-state index contributed by atoms with van der Waals surface area (Å²) in [7, 11) is 4.30. The smallest absolute Gasteiger partial charge is 0.223 e. The van der Waals surface area contributed by atoms with Gasteiger partial charge in [-0.05, 0) is 52.6 Å². The largest absolute Gasteiger partial charge is 0.354 e. The van der Waals surface area contributed by atoms with E-state index in [1.165, 1.54) is 32.1 Å². The summed E-state index contributed by atoms with van der Waals surface area (Å²) in [6.07, 6.45) is 10.2. The van der Waals surface area contributed by atoms with E-state index in [4.69, 9.17) is 5.73 Å². The monoisotopic (exact) mass is 281 g/mol. The molecular formula is C16H31N3O. The number of rotatable bonds is 4. The first kappa shape index (κ1) is 15.8. The molecule has 20 heavy (non-hydrogen) atoms. The Balaban J connectivity index is 1.84. The highest BCUT2D eigenvalue weighted by molar-refractivity contribution is 5.78. The van der Waals surface area contributed by atoms with Crippen molar-refractivity contribution in [2.45, 2.75) is 69.4 Å². The Morgan fingerprint density at radius 2 is 1.75 bits per heavy atom. The van der Waals surface area contributed by atoms with Crippen LogP contribution < -0.4 is 11.1 Å². The van der Waals surface area contributed by atoms with E-state index in [1.54, 1.807) is 0 Å². The zero-order valence-electron chi connectivity index (χ0n) is 13.2. The molecule has 0 aromatic rings. The molecule has 2 rings (SSSR count). The number of amides is 1. The highest BCUT2D eigenvalue weighted by Crippen LogP contribution is 2.32. The van der Waals surface area contributed by atoms with Gasteiger partial charge in [0.15, 0.2) is 0 Å². The molecule has 0 aromatic carbocycles. The van der Waals surface area contributed by atoms with Gasteiger partial charge in [-0.25, -0.2) is 0 Å². The Bertz CT molecular complexity index is 316. The van der Waals surface area contributed by atoms with E-state index >= 15 is 0 Å². The molecular weight excluding hydrogens is 250 g/mol. The van der Waals surface area contributed by atoms with Crippen molar-refractivity contribution in [3.8, 4) is 0 Å². The molecule has 2 aliphatic carbocycles. The molecule has 0 bridgehead atoms. The summed E-state index contributed by atoms with van der Waals surface area (Å²) in [5.41, 5.74) is 6.09. The van der Waals surface area contributed by atoms with Gasteiger partial charge in [-0.3, -0.25) is 4.79 Å². The minimum absolute atomic E-state index is 0.180. The Hall–Kier alpha value is -0.610. The number of nitrogens with two attached hydrogens (primary N) is 1. The zero-order chi connectivity index (χ0) is 14.6. The Morgan fingerprint density at radius 1 is 1.15 bits per heavy atom. The van der Waals surface area contributed by atoms with Gasteiger partial charge in [0.05, 0.1) is 0 Å². The molecule has 0 aliphatic heterocycles. The first-order chi connectivity index (χ1) is 9.53. The lowest BCUT2D eigenvalue weighted by Crippen LogP contribution is -2.54. The van der Waals surface area contributed by atoms with Gasteiger partial charge in [0.2, 0.25) is 5.91 Å². The van der Waals surface area contributed by atoms with Crippen LogP contribution in [0.2, 0.25) is 0 Å². The topological polar surface area (TPSA) is 58.4 Å². The fourth-order valence-electron chi connectivity index (χ4n) is 3.77. The molecule has 2 fully saturated rings. The standard InChI is InChI=1S/C16H31N3O/c1-19(2)16(10-4-3-5-11-16)12-18-15(20)13-6-8-14(17)9-7-13/h13-14H,3-12,17H2,1-2H3,(H,18,20). The Morgan fingerprint density at radius 3 is 2.30 bits per heavy atom. The molecule has 2 aliphatic rings. The molecule has 0 atom stereocenters. The van der Waals surface area contributed by atoms with Crippen molar-refractivity contribution in [1.29, 1.82) is 0 Å². The lowest BCUT2D eigenvalue weighted by atomic mass is 9.80. The molecule has 0 spiro atoms. The Kier molecular flexibility index (Phi) is 5.44. The van der Waals surface area contributed by atoms with Crippen LogP contribution in [0.4, 0.5) is 0 Å². The van der Waals surface area contributed by atoms with Gasteiger partial charge in [-0.15, -0.1) is 0 Å². The average molecular weight is 281 g/mol. The summed E-state index contributed by atoms with van der Waals surface area (Å²) in [4.78, 5) is 14.7. The normalized spacial score (nSPS) is 30.2. The van der Waals surface area contributed by atoms with Gasteiger partial charge in [0.1, 0.15) is 0 Å². The highest BCUT2D eigenvalue weighted by atomic mass is 16.1. The van der Waals surface area contributed by atoms with Crippen LogP contribution >= 0.6 is 0 Å². The predicted octanol–water partition coefficient (Wildman–Crippen LogP) is 1.88. The van der Waals surface area contributed by atoms with Crippen molar-refractivity contribution in [2.75, 3.05) is 20.6 Å². The summed E-state index contributed by atoms with van der Waals surface area (Å²) in [5, 5.41) is 3.24. The number of likely N-dealkylation sites (N-methyl/N-ethyl adjacent to an activating group) is 1. The van der Waals surface area contributed by atoms with Crippen molar-refractivity contribution in [1.82, 2.24) is 10.2 Å². The summed E-state index contributed by atoms with van der Waals surface area (Å²) >= 11 is 0. The number of carbonyl (C=O) groups excluding carboxylic acids is 1. The maximum Gasteiger partial charge on any atom is 0.223 e. The van der Waals surface area contributed by atoms with Gasteiger partial charge >= 0.3 is 0 Å². The van der Waals surface area contributed by atoms with Crippen molar-refractivity contribution in [3.05, 3.63) is 0 Å². The van der Waals surface area contributed by atoms with Gasteiger partial charge in [0, 0.05) is 24.0 Å². The van der Waals surface area contributed by atoms with E-state index in [1.807, 2.05) is 0 Å². The molecule has 116 valence electrons. The maximum absolute atomic E-state index is 12.3. The maximum atomic E-state index is 12.3. The Labute approximate surface area is 123 Å². The lowest BCUT2D eigenvalue weighted by molar-refractivity contribution is -0.126. The SMILES string of the molecule is CN(C)C1(CNC(=O)C2CCC(N)CC2)CCCCC1. The third-order valence-corrected chi connectivity index (χ3v) is 5.47. The minimum atomic E-state index is 0.180. The first-order valence-corrected chi connectivity index (χ1v) is 8.24. The third-order valence-electron chi connectivity index (χ3n) is 5.47. The van der Waals surface area contributed by atoms with Gasteiger partial charge in [0.25, 0.3) is 0 Å². The van der Waals surface area contributed by atoms with Crippen LogP contribution in [0.15, 0.2) is 0 Å². The quantitative estimate of drug-likeness (QED) is 0.827. The molecule has 4 nitrogen and oxygen atoms in total. The van der Waals surface area contributed by atoms with Crippen LogP contribution in [0, 0.1) is 5.92 Å². The van der Waals surface area contributed by atoms with E-state index in [0.717, 1.165) is 32.2 Å². The zero-order valence-corrected chi connectivity index (χ0v) is 13.2. The summed E-state index contributed by atoms with van der Waals surface area (Å²) < 4.78 is 0. The van der Waals surface area contributed by atoms with Crippen LogP contribution in [0.5, 0.6) is 0 Å². The number of carbonyl (C=O) groups is 1. The number of nitrogens with one attached hydrogen (secondary N) is 1. The van der Waals surface area contributed by atoms with Crippen LogP contribution in [-0.4, -0.2) is 43.0 Å². The summed E-state index contributed by atoms with van der Waals surface area (Å²) in [5.74, 6) is 0.446. The molecule has 0 unspecified atom stereocenters. The second-order valence-corrected chi connectivity index (χ2v) is 7.01. The molecule has 0 radical (unpaired) electrons. The van der Waals surface area contributed by atoms with Crippen molar-refractivity contribution in [3.63, 3.8) is 0 Å². The molecule has 1 amide bonds. The third kappa shape index (κ3) is 3.73. The van der Waals surface area contributed by atoms with E-state index in [-0.39, 0.29) is 17.4 Å². The number of nitrogens with zero attached hydrogens (tertiary/aromatic N) is 1. The van der Waals surface area contributed by atoms with Crippen molar-refractivity contribution in [2.24, 2.45) is 11.7 Å². The number of hydrogen-bond donors (Lipinski definition) is 2. The van der Waals surface area contributed by atoms with Gasteiger partial charge in [-0.2, -0.15) is 0 Å². The van der Waals surface area contributed by atoms with Crippen LogP contribution in [0.1, 0.15) is 57.8 Å². The summed E-state index contributed by atoms with van der Waals surface area (Å²) in [6, 6.07) is 0.311. The van der Waals surface area contributed by atoms with Gasteiger partial charge < -0.3 is 16.0 Å². The predicted molar refractivity (Wildman–Crippen MR) is 82.4 cm³/mol. The van der Waals surface area contributed by atoms with E-state index in [2.05, 4.69) is 24.3 Å². The highest BCUT2D eigenvalue weighted by Gasteiger charge is 2.35. The molecule has 3 N–H and O–H groups in total. The summed E-state index contributed by atoms with van der Waals surface area (Å²) in [6.45, 7) is 0.807. The van der Waals surface area contributed by atoms with Gasteiger partial charge in [-0.1, -0.05) is 19.3 Å². The van der Waals surface area contributed by atoms with Crippen LogP contribution in [-0.2, 0) is 4.79 Å². The fraction of sp³-hybridized carbons (Fsp3) is 0.938. The number of hydrogen-bond acceptors (Lipinski definition) is 3. The fourth-order valence-corrected chi connectivity index (χ4v) is 3.77. The van der Waals surface area contributed by atoms with Crippen molar-refractivity contribution >= 4 is 5.91 Å². The average Bonchev–Trinajstić information content (AvgIpc) is 2.46. The van der Waals surface area contributed by atoms with Crippen molar-refractivity contribution < 1.29 is 4.79 Å². The van der Waals surface area contributed by atoms with E-state index < -0.39 is 0 Å².